The number of benzene rings is 1. The molecule has 0 bridgehead atoms. The second-order valence-corrected chi connectivity index (χ2v) is 10.4. The quantitative estimate of drug-likeness (QED) is 0.661. The van der Waals surface area contributed by atoms with Crippen molar-refractivity contribution in [2.24, 2.45) is 0 Å². The first-order valence-electron chi connectivity index (χ1n) is 6.76. The van der Waals surface area contributed by atoms with Crippen LogP contribution < -0.4 is 0 Å². The lowest BCUT2D eigenvalue weighted by Gasteiger charge is -2.40. The Morgan fingerprint density at radius 3 is 1.88 bits per heavy atom. The van der Waals surface area contributed by atoms with Gasteiger partial charge in [-0.25, -0.2) is 10.0 Å². The van der Waals surface area contributed by atoms with Crippen LogP contribution in [0.5, 0.6) is 0 Å². The Hall–Kier alpha value is -0.430. The third kappa shape index (κ3) is 2.88. The normalized spacial score (nSPS) is 22.1. The molecule has 0 spiro atoms. The van der Waals surface area contributed by atoms with E-state index in [1.54, 1.807) is 4.90 Å². The summed E-state index contributed by atoms with van der Waals surface area (Å²) in [6.45, 7) is 6.87. The molecule has 1 heteroatoms. The maximum atomic E-state index is 2.53. The highest BCUT2D eigenvalue weighted by atomic mass is 32.3. The minimum atomic E-state index is -0.481. The zero-order chi connectivity index (χ0) is 12.5. The lowest BCUT2D eigenvalue weighted by Crippen LogP contribution is -2.15. The van der Waals surface area contributed by atoms with Gasteiger partial charge in [-0.1, -0.05) is 39.3 Å². The fourth-order valence-corrected chi connectivity index (χ4v) is 5.79. The lowest BCUT2D eigenvalue weighted by atomic mass is 9.87. The summed E-state index contributed by atoms with van der Waals surface area (Å²) in [5.74, 6) is 2.89. The van der Waals surface area contributed by atoms with Crippen LogP contribution in [0.1, 0.15) is 45.6 Å². The van der Waals surface area contributed by atoms with E-state index in [9.17, 15) is 0 Å². The Kier molecular flexibility index (Phi) is 3.58. The minimum Gasteiger partial charge on any atom is -0.217 e. The van der Waals surface area contributed by atoms with E-state index in [0.717, 1.165) is 0 Å². The van der Waals surface area contributed by atoms with Crippen molar-refractivity contribution in [2.75, 3.05) is 17.8 Å². The second kappa shape index (κ2) is 4.68. The van der Waals surface area contributed by atoms with Crippen molar-refractivity contribution < 1.29 is 0 Å². The van der Waals surface area contributed by atoms with Crippen LogP contribution in [-0.2, 0) is 5.41 Å². The highest BCUT2D eigenvalue weighted by Crippen LogP contribution is 2.56. The van der Waals surface area contributed by atoms with Crippen LogP contribution in [-0.4, -0.2) is 17.8 Å². The number of hydrogen-bond donors (Lipinski definition) is 0. The molecule has 0 radical (unpaired) electrons. The number of hydrogen-bond acceptors (Lipinski definition) is 0. The summed E-state index contributed by atoms with van der Waals surface area (Å²) in [4.78, 5) is 1.63. The van der Waals surface area contributed by atoms with Gasteiger partial charge in [-0.15, -0.1) is 0 Å². The summed E-state index contributed by atoms with van der Waals surface area (Å²) in [6, 6.07) is 9.51. The van der Waals surface area contributed by atoms with Crippen molar-refractivity contribution in [1.82, 2.24) is 0 Å². The van der Waals surface area contributed by atoms with Gasteiger partial charge < -0.3 is 0 Å². The van der Waals surface area contributed by atoms with Gasteiger partial charge in [0.25, 0.3) is 0 Å². The predicted octanol–water partition coefficient (Wildman–Crippen LogP) is 4.96. The lowest BCUT2D eigenvalue weighted by molar-refractivity contribution is 0.589. The Balaban J connectivity index is 2.23. The summed E-state index contributed by atoms with van der Waals surface area (Å²) < 4.78 is 0. The first kappa shape index (κ1) is 13.0. The first-order chi connectivity index (χ1) is 7.92. The fraction of sp³-hybridized carbons (Fsp3) is 0.625. The second-order valence-electron chi connectivity index (χ2n) is 6.52. The third-order valence-corrected chi connectivity index (χ3v) is 7.77. The van der Waals surface area contributed by atoms with E-state index in [1.807, 2.05) is 0 Å². The van der Waals surface area contributed by atoms with E-state index in [-0.39, 0.29) is 5.41 Å². The summed E-state index contributed by atoms with van der Waals surface area (Å²) in [5, 5.41) is 0. The van der Waals surface area contributed by atoms with E-state index in [1.165, 1.54) is 36.3 Å². The van der Waals surface area contributed by atoms with Crippen LogP contribution in [0.25, 0.3) is 0 Å². The summed E-state index contributed by atoms with van der Waals surface area (Å²) in [7, 11) is -0.481. The van der Waals surface area contributed by atoms with E-state index in [0.29, 0.717) is 0 Å². The highest BCUT2D eigenvalue weighted by molar-refractivity contribution is 8.33. The van der Waals surface area contributed by atoms with Crippen molar-refractivity contribution in [3.8, 4) is 0 Å². The fourth-order valence-electron chi connectivity index (χ4n) is 2.64. The minimum absolute atomic E-state index is 0.279. The van der Waals surface area contributed by atoms with Crippen molar-refractivity contribution in [3.05, 3.63) is 29.8 Å². The summed E-state index contributed by atoms with van der Waals surface area (Å²) >= 11 is 0. The molecule has 1 aliphatic heterocycles. The molecule has 0 atom stereocenters. The average Bonchev–Trinajstić information content (AvgIpc) is 2.29. The zero-order valence-corrected chi connectivity index (χ0v) is 12.6. The molecule has 0 amide bonds. The zero-order valence-electron chi connectivity index (χ0n) is 11.8. The van der Waals surface area contributed by atoms with Gasteiger partial charge in [-0.05, 0) is 58.6 Å². The van der Waals surface area contributed by atoms with Gasteiger partial charge in [-0.3, -0.25) is 0 Å². The Morgan fingerprint density at radius 2 is 1.41 bits per heavy atom. The molecule has 2 rings (SSSR count). The molecule has 1 aliphatic rings. The highest BCUT2D eigenvalue weighted by Gasteiger charge is 2.24. The van der Waals surface area contributed by atoms with E-state index >= 15 is 0 Å². The van der Waals surface area contributed by atoms with E-state index in [2.05, 4.69) is 51.3 Å². The molecule has 1 aromatic carbocycles. The monoisotopic (exact) mass is 250 g/mol. The van der Waals surface area contributed by atoms with Gasteiger partial charge in [0, 0.05) is 0 Å². The first-order valence-corrected chi connectivity index (χ1v) is 9.14. The Labute approximate surface area is 108 Å². The summed E-state index contributed by atoms with van der Waals surface area (Å²) in [5.41, 5.74) is 1.74. The Bertz CT molecular complexity index is 364. The molecule has 17 heavy (non-hydrogen) atoms. The van der Waals surface area contributed by atoms with Crippen LogP contribution in [0.15, 0.2) is 29.2 Å². The van der Waals surface area contributed by atoms with Crippen LogP contribution in [0, 0.1) is 0 Å². The molecule has 0 aliphatic carbocycles. The van der Waals surface area contributed by atoms with Crippen LogP contribution >= 0.6 is 10.0 Å². The predicted molar refractivity (Wildman–Crippen MR) is 80.5 cm³/mol. The molecule has 0 nitrogen and oxygen atoms in total. The molecular formula is C16H26S. The van der Waals surface area contributed by atoms with Crippen molar-refractivity contribution in [3.63, 3.8) is 0 Å². The third-order valence-electron chi connectivity index (χ3n) is 3.98. The maximum absolute atomic E-state index is 2.53. The summed E-state index contributed by atoms with van der Waals surface area (Å²) in [6.07, 6.45) is 6.85. The largest absolute Gasteiger partial charge is 0.217 e. The molecule has 1 saturated heterocycles. The van der Waals surface area contributed by atoms with E-state index < -0.39 is 10.0 Å². The van der Waals surface area contributed by atoms with Gasteiger partial charge >= 0.3 is 0 Å². The van der Waals surface area contributed by atoms with Crippen molar-refractivity contribution in [2.45, 2.75) is 50.3 Å². The number of rotatable bonds is 1. The van der Waals surface area contributed by atoms with Crippen LogP contribution in [0.4, 0.5) is 0 Å². The van der Waals surface area contributed by atoms with Gasteiger partial charge in [0.05, 0.1) is 0 Å². The van der Waals surface area contributed by atoms with Crippen molar-refractivity contribution in [1.29, 1.82) is 0 Å². The molecule has 0 N–H and O–H groups in total. The molecule has 0 aromatic heterocycles. The van der Waals surface area contributed by atoms with Gasteiger partial charge in [0.1, 0.15) is 0 Å². The maximum Gasteiger partial charge on any atom is -0.0101 e. The van der Waals surface area contributed by atoms with Crippen LogP contribution in [0.3, 0.4) is 0 Å². The standard InChI is InChI=1S/C16H26S/c1-16(2,3)14-8-10-15(11-9-14)17(4)12-6-5-7-13-17/h8-11H,5-7,12-13H2,1-4H3. The molecule has 1 heterocycles. The van der Waals surface area contributed by atoms with Gasteiger partial charge in [0.2, 0.25) is 0 Å². The van der Waals surface area contributed by atoms with Crippen molar-refractivity contribution >= 4 is 10.0 Å². The van der Waals surface area contributed by atoms with Gasteiger partial charge in [0.15, 0.2) is 0 Å². The van der Waals surface area contributed by atoms with Crippen LogP contribution in [0.2, 0.25) is 0 Å². The van der Waals surface area contributed by atoms with Gasteiger partial charge in [-0.2, -0.15) is 0 Å². The smallest absolute Gasteiger partial charge is 0.0101 e. The topological polar surface area (TPSA) is 0 Å². The molecule has 0 saturated carbocycles. The molecule has 1 aromatic rings. The Morgan fingerprint density at radius 1 is 0.882 bits per heavy atom. The average molecular weight is 250 g/mol. The molecule has 96 valence electrons. The molecule has 0 unspecified atom stereocenters. The molecular weight excluding hydrogens is 224 g/mol. The molecule has 1 fully saturated rings. The SMILES string of the molecule is CC(C)(C)c1ccc(S2(C)CCCCC2)cc1. The van der Waals surface area contributed by atoms with E-state index in [4.69, 9.17) is 0 Å².